The van der Waals surface area contributed by atoms with Crippen LogP contribution in [0.1, 0.15) is 5.56 Å². The van der Waals surface area contributed by atoms with Crippen molar-refractivity contribution in [1.29, 1.82) is 0 Å². The van der Waals surface area contributed by atoms with Crippen LogP contribution in [-0.4, -0.2) is 9.91 Å². The molecule has 2 N–H and O–H groups in total. The Kier molecular flexibility index (Phi) is 4.04. The molecule has 0 aliphatic heterocycles. The monoisotopic (exact) mass is 335 g/mol. The highest BCUT2D eigenvalue weighted by Crippen LogP contribution is 2.35. The highest BCUT2D eigenvalue weighted by atomic mass is 19.4. The average molecular weight is 335 g/mol. The number of hydrogen-bond donors (Lipinski definition) is 1. The highest BCUT2D eigenvalue weighted by Gasteiger charge is 2.35. The molecule has 0 atom stereocenters. The van der Waals surface area contributed by atoms with Crippen LogP contribution in [0.15, 0.2) is 24.3 Å². The third-order valence-electron chi connectivity index (χ3n) is 2.62. The van der Waals surface area contributed by atoms with Crippen LogP contribution in [0.25, 0.3) is 0 Å². The number of nitrogens with two attached hydrogens (primary N) is 1. The standard InChI is InChI=1S/C12H6F5N3O3/c13-6-4-9(7(14)3-5(6)12(15,16)17)23-10-2-1-8(20(21)22)11(18)19-10/h1-4H,(H2,18,19). The second-order valence-electron chi connectivity index (χ2n) is 4.17. The summed E-state index contributed by atoms with van der Waals surface area (Å²) in [6.07, 6.45) is -5.07. The van der Waals surface area contributed by atoms with E-state index in [-0.39, 0.29) is 12.1 Å². The molecule has 0 spiro atoms. The van der Waals surface area contributed by atoms with E-state index < -0.39 is 51.4 Å². The summed E-state index contributed by atoms with van der Waals surface area (Å²) in [5.41, 5.74) is 2.94. The Morgan fingerprint density at radius 2 is 1.83 bits per heavy atom. The van der Waals surface area contributed by atoms with Gasteiger partial charge in [-0.25, -0.2) is 8.78 Å². The summed E-state index contributed by atoms with van der Waals surface area (Å²) < 4.78 is 69.0. The summed E-state index contributed by atoms with van der Waals surface area (Å²) in [7, 11) is 0. The van der Waals surface area contributed by atoms with E-state index in [1.165, 1.54) is 0 Å². The summed E-state index contributed by atoms with van der Waals surface area (Å²) in [4.78, 5) is 13.2. The molecule has 122 valence electrons. The molecule has 0 saturated heterocycles. The van der Waals surface area contributed by atoms with Crippen molar-refractivity contribution in [3.05, 3.63) is 51.6 Å². The molecule has 2 aromatic rings. The third kappa shape index (κ3) is 3.44. The number of benzene rings is 1. The van der Waals surface area contributed by atoms with E-state index in [1.807, 2.05) is 0 Å². The molecule has 0 saturated carbocycles. The molecule has 2 rings (SSSR count). The highest BCUT2D eigenvalue weighted by molar-refractivity contribution is 5.53. The zero-order valence-corrected chi connectivity index (χ0v) is 10.9. The number of nitrogen functional groups attached to an aromatic ring is 1. The fraction of sp³-hybridized carbons (Fsp3) is 0.0833. The molecule has 1 heterocycles. The van der Waals surface area contributed by atoms with Crippen LogP contribution in [0, 0.1) is 21.7 Å². The van der Waals surface area contributed by atoms with Gasteiger partial charge in [-0.3, -0.25) is 10.1 Å². The number of nitro groups is 1. The van der Waals surface area contributed by atoms with Crippen molar-refractivity contribution in [2.45, 2.75) is 6.18 Å². The maximum atomic E-state index is 13.6. The van der Waals surface area contributed by atoms with Crippen molar-refractivity contribution >= 4 is 11.5 Å². The molecule has 0 fully saturated rings. The van der Waals surface area contributed by atoms with Gasteiger partial charge in [0, 0.05) is 18.2 Å². The topological polar surface area (TPSA) is 91.3 Å². The lowest BCUT2D eigenvalue weighted by Crippen LogP contribution is -2.09. The van der Waals surface area contributed by atoms with Gasteiger partial charge >= 0.3 is 11.9 Å². The first-order valence-electron chi connectivity index (χ1n) is 5.74. The molecule has 1 aromatic heterocycles. The fourth-order valence-electron chi connectivity index (χ4n) is 1.60. The number of anilines is 1. The minimum atomic E-state index is -5.07. The predicted octanol–water partition coefficient (Wildman–Crippen LogP) is 3.66. The molecule has 6 nitrogen and oxygen atoms in total. The Balaban J connectivity index is 2.36. The lowest BCUT2D eigenvalue weighted by Gasteiger charge is -2.11. The van der Waals surface area contributed by atoms with E-state index in [0.717, 1.165) is 12.1 Å². The van der Waals surface area contributed by atoms with E-state index in [1.54, 1.807) is 0 Å². The van der Waals surface area contributed by atoms with Crippen molar-refractivity contribution in [1.82, 2.24) is 4.98 Å². The van der Waals surface area contributed by atoms with Crippen molar-refractivity contribution in [2.24, 2.45) is 0 Å². The second kappa shape index (κ2) is 5.66. The summed E-state index contributed by atoms with van der Waals surface area (Å²) in [6.45, 7) is 0. The van der Waals surface area contributed by atoms with Crippen LogP contribution in [0.2, 0.25) is 0 Å². The van der Waals surface area contributed by atoms with Gasteiger partial charge in [0.2, 0.25) is 11.7 Å². The van der Waals surface area contributed by atoms with Crippen LogP contribution in [0.3, 0.4) is 0 Å². The number of nitrogens with zero attached hydrogens (tertiary/aromatic N) is 2. The first-order valence-corrected chi connectivity index (χ1v) is 5.74. The van der Waals surface area contributed by atoms with Gasteiger partial charge in [-0.05, 0) is 6.07 Å². The van der Waals surface area contributed by atoms with E-state index in [4.69, 9.17) is 10.5 Å². The zero-order chi connectivity index (χ0) is 17.4. The Morgan fingerprint density at radius 3 is 2.35 bits per heavy atom. The molecule has 0 amide bonds. The fourth-order valence-corrected chi connectivity index (χ4v) is 1.60. The first-order chi connectivity index (χ1) is 10.6. The number of alkyl halides is 3. The van der Waals surface area contributed by atoms with Gasteiger partial charge in [0.15, 0.2) is 11.6 Å². The number of hydrogen-bond acceptors (Lipinski definition) is 5. The van der Waals surface area contributed by atoms with Gasteiger partial charge in [-0.15, -0.1) is 0 Å². The predicted molar refractivity (Wildman–Crippen MR) is 66.7 cm³/mol. The maximum absolute atomic E-state index is 13.6. The quantitative estimate of drug-likeness (QED) is 0.525. The van der Waals surface area contributed by atoms with Crippen molar-refractivity contribution in [3.63, 3.8) is 0 Å². The van der Waals surface area contributed by atoms with Gasteiger partial charge in [0.1, 0.15) is 5.82 Å². The number of pyridine rings is 1. The van der Waals surface area contributed by atoms with E-state index in [0.29, 0.717) is 0 Å². The first kappa shape index (κ1) is 16.4. The number of halogens is 5. The smallest absolute Gasteiger partial charge is 0.419 e. The lowest BCUT2D eigenvalue weighted by atomic mass is 10.2. The third-order valence-corrected chi connectivity index (χ3v) is 2.62. The number of ether oxygens (including phenoxy) is 1. The molecular formula is C12H6F5N3O3. The normalized spacial score (nSPS) is 11.3. The molecule has 0 radical (unpaired) electrons. The van der Waals surface area contributed by atoms with Crippen LogP contribution in [0.4, 0.5) is 33.5 Å². The molecule has 1 aromatic carbocycles. The Bertz CT molecular complexity index is 779. The van der Waals surface area contributed by atoms with Gasteiger partial charge in [0.05, 0.1) is 10.5 Å². The van der Waals surface area contributed by atoms with Crippen LogP contribution >= 0.6 is 0 Å². The number of rotatable bonds is 3. The van der Waals surface area contributed by atoms with E-state index in [9.17, 15) is 32.1 Å². The zero-order valence-electron chi connectivity index (χ0n) is 10.9. The Morgan fingerprint density at radius 1 is 1.17 bits per heavy atom. The SMILES string of the molecule is Nc1nc(Oc2cc(F)c(C(F)(F)F)cc2F)ccc1[N+](=O)[O-]. The van der Waals surface area contributed by atoms with Gasteiger partial charge in [-0.1, -0.05) is 0 Å². The molecule has 23 heavy (non-hydrogen) atoms. The summed E-state index contributed by atoms with van der Waals surface area (Å²) >= 11 is 0. The van der Waals surface area contributed by atoms with Crippen molar-refractivity contribution in [2.75, 3.05) is 5.73 Å². The Labute approximate surface area is 124 Å². The molecular weight excluding hydrogens is 329 g/mol. The summed E-state index contributed by atoms with van der Waals surface area (Å²) in [6, 6.07) is 1.95. The van der Waals surface area contributed by atoms with Crippen LogP contribution in [0.5, 0.6) is 11.6 Å². The Hall–Kier alpha value is -2.98. The van der Waals surface area contributed by atoms with Gasteiger partial charge in [-0.2, -0.15) is 18.2 Å². The summed E-state index contributed by atoms with van der Waals surface area (Å²) in [5, 5.41) is 10.6. The van der Waals surface area contributed by atoms with Gasteiger partial charge in [0.25, 0.3) is 0 Å². The lowest BCUT2D eigenvalue weighted by molar-refractivity contribution is -0.384. The average Bonchev–Trinajstić information content (AvgIpc) is 2.41. The number of aromatic nitrogens is 1. The van der Waals surface area contributed by atoms with Gasteiger partial charge < -0.3 is 10.5 Å². The van der Waals surface area contributed by atoms with Crippen molar-refractivity contribution < 1.29 is 31.6 Å². The molecule has 0 bridgehead atoms. The minimum Gasteiger partial charge on any atom is -0.436 e. The van der Waals surface area contributed by atoms with E-state index >= 15 is 0 Å². The van der Waals surface area contributed by atoms with Crippen molar-refractivity contribution in [3.8, 4) is 11.6 Å². The molecule has 0 aliphatic carbocycles. The molecule has 11 heteroatoms. The van der Waals surface area contributed by atoms with E-state index in [2.05, 4.69) is 4.98 Å². The minimum absolute atomic E-state index is 0.0700. The maximum Gasteiger partial charge on any atom is 0.419 e. The molecule has 0 unspecified atom stereocenters. The second-order valence-corrected chi connectivity index (χ2v) is 4.17. The van der Waals surface area contributed by atoms with Crippen LogP contribution in [-0.2, 0) is 6.18 Å². The van der Waals surface area contributed by atoms with Crippen LogP contribution < -0.4 is 10.5 Å². The molecule has 0 aliphatic rings. The summed E-state index contributed by atoms with van der Waals surface area (Å²) in [5.74, 6) is -5.12. The largest absolute Gasteiger partial charge is 0.436 e.